The van der Waals surface area contributed by atoms with E-state index in [9.17, 15) is 13.2 Å². The summed E-state index contributed by atoms with van der Waals surface area (Å²) in [6, 6.07) is 19.5. The standard InChI is InChI=1S/C25H26ClN3O3S/c1-18-9-11-22(12-10-18)33(31,32)27-24-8-4-7-23(19(24)2)25(30)29-15-13-28(14-16-29)21-6-3-5-20(26)17-21/h3-12,17,27H,13-16H2,1-2H3. The van der Waals surface area contributed by atoms with Gasteiger partial charge in [0.2, 0.25) is 0 Å². The van der Waals surface area contributed by atoms with E-state index >= 15 is 0 Å². The number of carbonyl (C=O) groups excluding carboxylic acids is 1. The van der Waals surface area contributed by atoms with Gasteiger partial charge in [-0.2, -0.15) is 0 Å². The number of halogens is 1. The van der Waals surface area contributed by atoms with Crippen LogP contribution in [-0.2, 0) is 10.0 Å². The van der Waals surface area contributed by atoms with Gasteiger partial charge < -0.3 is 9.80 Å². The van der Waals surface area contributed by atoms with Crippen LogP contribution in [0.3, 0.4) is 0 Å². The summed E-state index contributed by atoms with van der Waals surface area (Å²) in [5.74, 6) is -0.102. The Morgan fingerprint density at radius 1 is 0.909 bits per heavy atom. The van der Waals surface area contributed by atoms with Gasteiger partial charge in [-0.05, 0) is 61.9 Å². The van der Waals surface area contributed by atoms with Gasteiger partial charge in [0.05, 0.1) is 10.6 Å². The normalized spacial score (nSPS) is 14.3. The van der Waals surface area contributed by atoms with Crippen molar-refractivity contribution in [1.29, 1.82) is 0 Å². The number of hydrogen-bond donors (Lipinski definition) is 1. The molecule has 3 aromatic rings. The minimum Gasteiger partial charge on any atom is -0.368 e. The second-order valence-corrected chi connectivity index (χ2v) is 10.3. The average Bonchev–Trinajstić information content (AvgIpc) is 2.80. The van der Waals surface area contributed by atoms with Crippen molar-refractivity contribution in [3.05, 3.63) is 88.4 Å². The first-order valence-corrected chi connectivity index (χ1v) is 12.6. The number of benzene rings is 3. The number of rotatable bonds is 5. The highest BCUT2D eigenvalue weighted by Crippen LogP contribution is 2.25. The first kappa shape index (κ1) is 23.1. The van der Waals surface area contributed by atoms with E-state index in [4.69, 9.17) is 11.6 Å². The van der Waals surface area contributed by atoms with Gasteiger partial charge in [0.1, 0.15) is 0 Å². The average molecular weight is 484 g/mol. The van der Waals surface area contributed by atoms with E-state index in [2.05, 4.69) is 9.62 Å². The smallest absolute Gasteiger partial charge is 0.261 e. The number of anilines is 2. The Morgan fingerprint density at radius 3 is 2.24 bits per heavy atom. The Kier molecular flexibility index (Phi) is 6.63. The molecule has 1 fully saturated rings. The van der Waals surface area contributed by atoms with Gasteiger partial charge in [0, 0.05) is 42.5 Å². The van der Waals surface area contributed by atoms with Crippen molar-refractivity contribution in [2.45, 2.75) is 18.7 Å². The third kappa shape index (κ3) is 5.15. The zero-order chi connectivity index (χ0) is 23.6. The van der Waals surface area contributed by atoms with Gasteiger partial charge in [-0.25, -0.2) is 8.42 Å². The van der Waals surface area contributed by atoms with E-state index in [0.717, 1.165) is 11.3 Å². The molecule has 0 spiro atoms. The summed E-state index contributed by atoms with van der Waals surface area (Å²) in [6.07, 6.45) is 0. The minimum atomic E-state index is -3.75. The van der Waals surface area contributed by atoms with Crippen LogP contribution in [0, 0.1) is 13.8 Å². The van der Waals surface area contributed by atoms with E-state index in [1.165, 1.54) is 0 Å². The third-order valence-corrected chi connectivity index (χ3v) is 7.50. The number of amides is 1. The summed E-state index contributed by atoms with van der Waals surface area (Å²) in [6.45, 7) is 6.21. The van der Waals surface area contributed by atoms with Crippen molar-refractivity contribution >= 4 is 38.9 Å². The predicted octanol–water partition coefficient (Wildman–Crippen LogP) is 4.72. The SMILES string of the molecule is Cc1ccc(S(=O)(=O)Nc2cccc(C(=O)N3CCN(c4cccc(Cl)c4)CC3)c2C)cc1. The topological polar surface area (TPSA) is 69.7 Å². The number of carbonyl (C=O) groups is 1. The fraction of sp³-hybridized carbons (Fsp3) is 0.240. The molecular weight excluding hydrogens is 458 g/mol. The minimum absolute atomic E-state index is 0.102. The van der Waals surface area contributed by atoms with E-state index in [1.807, 2.05) is 36.1 Å². The molecule has 1 saturated heterocycles. The van der Waals surface area contributed by atoms with Crippen molar-refractivity contribution in [2.24, 2.45) is 0 Å². The van der Waals surface area contributed by atoms with E-state index in [0.29, 0.717) is 48.0 Å². The van der Waals surface area contributed by atoms with Gasteiger partial charge in [-0.3, -0.25) is 9.52 Å². The number of aryl methyl sites for hydroxylation is 1. The molecule has 1 amide bonds. The lowest BCUT2D eigenvalue weighted by Crippen LogP contribution is -2.49. The van der Waals surface area contributed by atoms with Crippen molar-refractivity contribution in [3.63, 3.8) is 0 Å². The van der Waals surface area contributed by atoms with Crippen LogP contribution in [0.15, 0.2) is 71.6 Å². The van der Waals surface area contributed by atoms with Gasteiger partial charge in [0.15, 0.2) is 0 Å². The van der Waals surface area contributed by atoms with Crippen molar-refractivity contribution in [3.8, 4) is 0 Å². The largest absolute Gasteiger partial charge is 0.368 e. The van der Waals surface area contributed by atoms with Crippen molar-refractivity contribution in [1.82, 2.24) is 4.90 Å². The van der Waals surface area contributed by atoms with E-state index < -0.39 is 10.0 Å². The highest BCUT2D eigenvalue weighted by molar-refractivity contribution is 7.92. The maximum atomic E-state index is 13.3. The van der Waals surface area contributed by atoms with Crippen molar-refractivity contribution in [2.75, 3.05) is 35.8 Å². The zero-order valence-electron chi connectivity index (χ0n) is 18.6. The maximum absolute atomic E-state index is 13.3. The number of piperazine rings is 1. The summed E-state index contributed by atoms with van der Waals surface area (Å²) in [5.41, 5.74) is 3.52. The molecule has 0 radical (unpaired) electrons. The molecule has 6 nitrogen and oxygen atoms in total. The van der Waals surface area contributed by atoms with Crippen LogP contribution in [0.4, 0.5) is 11.4 Å². The van der Waals surface area contributed by atoms with Crippen LogP contribution >= 0.6 is 11.6 Å². The molecule has 0 atom stereocenters. The molecule has 4 rings (SSSR count). The molecule has 8 heteroatoms. The van der Waals surface area contributed by atoms with Crippen LogP contribution < -0.4 is 9.62 Å². The van der Waals surface area contributed by atoms with Crippen LogP contribution in [0.1, 0.15) is 21.5 Å². The second-order valence-electron chi connectivity index (χ2n) is 8.16. The van der Waals surface area contributed by atoms with Gasteiger partial charge in [0.25, 0.3) is 15.9 Å². The quantitative estimate of drug-likeness (QED) is 0.570. The molecule has 1 heterocycles. The molecule has 0 aromatic heterocycles. The lowest BCUT2D eigenvalue weighted by atomic mass is 10.1. The van der Waals surface area contributed by atoms with Gasteiger partial charge in [-0.1, -0.05) is 41.4 Å². The molecule has 1 N–H and O–H groups in total. The monoisotopic (exact) mass is 483 g/mol. The zero-order valence-corrected chi connectivity index (χ0v) is 20.2. The molecule has 33 heavy (non-hydrogen) atoms. The summed E-state index contributed by atoms with van der Waals surface area (Å²) < 4.78 is 28.3. The Bertz CT molecular complexity index is 1270. The fourth-order valence-electron chi connectivity index (χ4n) is 3.91. The number of hydrogen-bond acceptors (Lipinski definition) is 4. The van der Waals surface area contributed by atoms with Crippen LogP contribution in [0.5, 0.6) is 0 Å². The molecule has 3 aromatic carbocycles. The van der Waals surface area contributed by atoms with Gasteiger partial charge in [-0.15, -0.1) is 0 Å². The molecule has 0 bridgehead atoms. The highest BCUT2D eigenvalue weighted by Gasteiger charge is 2.25. The Morgan fingerprint density at radius 2 is 1.58 bits per heavy atom. The van der Waals surface area contributed by atoms with E-state index in [-0.39, 0.29) is 10.8 Å². The lowest BCUT2D eigenvalue weighted by Gasteiger charge is -2.36. The molecule has 0 aliphatic carbocycles. The summed E-state index contributed by atoms with van der Waals surface area (Å²) >= 11 is 6.11. The second kappa shape index (κ2) is 9.45. The van der Waals surface area contributed by atoms with Crippen LogP contribution in [0.2, 0.25) is 5.02 Å². The first-order chi connectivity index (χ1) is 15.7. The maximum Gasteiger partial charge on any atom is 0.261 e. The molecule has 0 unspecified atom stereocenters. The summed E-state index contributed by atoms with van der Waals surface area (Å²) in [4.78, 5) is 17.4. The third-order valence-electron chi connectivity index (χ3n) is 5.88. The Labute approximate surface area is 199 Å². The first-order valence-electron chi connectivity index (χ1n) is 10.7. The highest BCUT2D eigenvalue weighted by atomic mass is 35.5. The number of nitrogens with one attached hydrogen (secondary N) is 1. The molecule has 0 saturated carbocycles. The van der Waals surface area contributed by atoms with Crippen molar-refractivity contribution < 1.29 is 13.2 Å². The number of nitrogens with zero attached hydrogens (tertiary/aromatic N) is 2. The summed E-state index contributed by atoms with van der Waals surface area (Å²) in [5, 5.41) is 0.687. The predicted molar refractivity (Wildman–Crippen MR) is 133 cm³/mol. The van der Waals surface area contributed by atoms with Gasteiger partial charge >= 0.3 is 0 Å². The molecular formula is C25H26ClN3O3S. The van der Waals surface area contributed by atoms with Crippen LogP contribution in [-0.4, -0.2) is 45.4 Å². The summed E-state index contributed by atoms with van der Waals surface area (Å²) in [7, 11) is -3.75. The van der Waals surface area contributed by atoms with E-state index in [1.54, 1.807) is 49.4 Å². The number of sulfonamides is 1. The Balaban J connectivity index is 1.48. The molecule has 1 aliphatic rings. The molecule has 172 valence electrons. The molecule has 1 aliphatic heterocycles. The van der Waals surface area contributed by atoms with Crippen LogP contribution in [0.25, 0.3) is 0 Å². The Hall–Kier alpha value is -3.03. The lowest BCUT2D eigenvalue weighted by molar-refractivity contribution is 0.0746. The fourth-order valence-corrected chi connectivity index (χ4v) is 5.22.